The van der Waals surface area contributed by atoms with Gasteiger partial charge in [-0.05, 0) is 38.3 Å². The second kappa shape index (κ2) is 5.92. The summed E-state index contributed by atoms with van der Waals surface area (Å²) in [7, 11) is 0. The van der Waals surface area contributed by atoms with Gasteiger partial charge in [0.05, 0.1) is 11.4 Å². The minimum atomic E-state index is 0.550. The lowest BCUT2D eigenvalue weighted by molar-refractivity contribution is 0.447. The average Bonchev–Trinajstić information content (AvgIpc) is 2.93. The molecule has 1 atom stereocenters. The summed E-state index contributed by atoms with van der Waals surface area (Å²) in [6.45, 7) is 6.66. The number of fused-ring (bicyclic) bond motifs is 1. The van der Waals surface area contributed by atoms with E-state index in [-0.39, 0.29) is 0 Å². The van der Waals surface area contributed by atoms with Gasteiger partial charge in [-0.2, -0.15) is 5.10 Å². The molecular formula is C16H24N4. The third-order valence-corrected chi connectivity index (χ3v) is 4.53. The molecule has 0 spiro atoms. The summed E-state index contributed by atoms with van der Waals surface area (Å²) >= 11 is 0. The molecule has 1 unspecified atom stereocenters. The van der Waals surface area contributed by atoms with E-state index in [1.807, 2.05) is 6.20 Å². The molecule has 2 aromatic rings. The molecule has 20 heavy (non-hydrogen) atoms. The Morgan fingerprint density at radius 2 is 2.25 bits per heavy atom. The normalized spacial score (nSPS) is 19.9. The Hall–Kier alpha value is -1.42. The van der Waals surface area contributed by atoms with Crippen LogP contribution in [0, 0.1) is 0 Å². The predicted octanol–water partition coefficient (Wildman–Crippen LogP) is 3.10. The lowest BCUT2D eigenvalue weighted by atomic mass is 9.96. The van der Waals surface area contributed by atoms with Crippen LogP contribution >= 0.6 is 0 Å². The van der Waals surface area contributed by atoms with Crippen molar-refractivity contribution < 1.29 is 0 Å². The van der Waals surface area contributed by atoms with Gasteiger partial charge >= 0.3 is 0 Å². The summed E-state index contributed by atoms with van der Waals surface area (Å²) in [4.78, 5) is 4.49. The Morgan fingerprint density at radius 3 is 2.95 bits per heavy atom. The molecule has 1 fully saturated rings. The van der Waals surface area contributed by atoms with E-state index in [1.165, 1.54) is 24.2 Å². The molecule has 0 saturated carbocycles. The van der Waals surface area contributed by atoms with Crippen LogP contribution in [0.25, 0.3) is 5.65 Å². The van der Waals surface area contributed by atoms with Crippen molar-refractivity contribution in [2.45, 2.75) is 51.4 Å². The number of rotatable bonds is 4. The van der Waals surface area contributed by atoms with Crippen molar-refractivity contribution in [3.8, 4) is 0 Å². The van der Waals surface area contributed by atoms with E-state index in [1.54, 1.807) is 0 Å². The minimum Gasteiger partial charge on any atom is -0.316 e. The first kappa shape index (κ1) is 13.6. The molecule has 0 bridgehead atoms. The second-order valence-electron chi connectivity index (χ2n) is 5.77. The third kappa shape index (κ3) is 2.44. The average molecular weight is 272 g/mol. The zero-order valence-electron chi connectivity index (χ0n) is 12.5. The van der Waals surface area contributed by atoms with Gasteiger partial charge < -0.3 is 5.32 Å². The first-order valence-electron chi connectivity index (χ1n) is 7.88. The molecule has 3 rings (SSSR count). The maximum Gasteiger partial charge on any atom is 0.155 e. The molecule has 2 aromatic heterocycles. The fourth-order valence-electron chi connectivity index (χ4n) is 3.25. The number of nitrogens with zero attached hydrogens (tertiary/aromatic N) is 3. The maximum atomic E-state index is 4.86. The molecular weight excluding hydrogens is 248 g/mol. The molecule has 0 amide bonds. The van der Waals surface area contributed by atoms with Crippen LogP contribution in [0.5, 0.6) is 0 Å². The van der Waals surface area contributed by atoms with E-state index < -0.39 is 0 Å². The molecule has 0 radical (unpaired) electrons. The van der Waals surface area contributed by atoms with Crippen molar-refractivity contribution in [2.75, 3.05) is 13.1 Å². The monoisotopic (exact) mass is 272 g/mol. The van der Waals surface area contributed by atoms with Crippen LogP contribution < -0.4 is 5.32 Å². The van der Waals surface area contributed by atoms with Crippen LogP contribution in [0.1, 0.15) is 62.8 Å². The summed E-state index contributed by atoms with van der Waals surface area (Å²) in [5, 5.41) is 8.34. The highest BCUT2D eigenvalue weighted by molar-refractivity contribution is 5.41. The van der Waals surface area contributed by atoms with Crippen molar-refractivity contribution in [1.82, 2.24) is 19.9 Å². The Morgan fingerprint density at radius 1 is 1.40 bits per heavy atom. The highest BCUT2D eigenvalue weighted by Gasteiger charge is 2.20. The minimum absolute atomic E-state index is 0.550. The number of hydrogen-bond acceptors (Lipinski definition) is 3. The van der Waals surface area contributed by atoms with Crippen LogP contribution in [0.15, 0.2) is 18.3 Å². The molecule has 1 aliphatic rings. The summed E-state index contributed by atoms with van der Waals surface area (Å²) < 4.78 is 2.07. The molecule has 1 N–H and O–H groups in total. The van der Waals surface area contributed by atoms with Crippen molar-refractivity contribution in [3.63, 3.8) is 0 Å². The van der Waals surface area contributed by atoms with Gasteiger partial charge in [-0.25, -0.2) is 9.50 Å². The van der Waals surface area contributed by atoms with Crippen molar-refractivity contribution in [2.24, 2.45) is 0 Å². The summed E-state index contributed by atoms with van der Waals surface area (Å²) in [6, 6.07) is 4.30. The fourth-order valence-corrected chi connectivity index (χ4v) is 3.25. The number of hydrogen-bond donors (Lipinski definition) is 1. The van der Waals surface area contributed by atoms with Crippen molar-refractivity contribution in [1.29, 1.82) is 0 Å². The quantitative estimate of drug-likeness (QED) is 0.930. The first-order valence-corrected chi connectivity index (χ1v) is 7.88. The Kier molecular flexibility index (Phi) is 4.01. The van der Waals surface area contributed by atoms with Gasteiger partial charge in [0.2, 0.25) is 0 Å². The molecule has 0 aromatic carbocycles. The van der Waals surface area contributed by atoms with Crippen LogP contribution in [0.2, 0.25) is 0 Å². The lowest BCUT2D eigenvalue weighted by Gasteiger charge is -2.23. The zero-order valence-corrected chi connectivity index (χ0v) is 12.5. The molecule has 1 saturated heterocycles. The van der Waals surface area contributed by atoms with E-state index in [9.17, 15) is 0 Å². The summed E-state index contributed by atoms with van der Waals surface area (Å²) in [6.07, 6.45) is 6.69. The molecule has 108 valence electrons. The molecule has 0 aliphatic carbocycles. The Labute approximate surface area is 120 Å². The topological polar surface area (TPSA) is 42.2 Å². The first-order chi connectivity index (χ1) is 9.83. The summed E-state index contributed by atoms with van der Waals surface area (Å²) in [5.41, 5.74) is 3.49. The van der Waals surface area contributed by atoms with Crippen molar-refractivity contribution >= 4 is 5.65 Å². The van der Waals surface area contributed by atoms with E-state index in [0.29, 0.717) is 11.8 Å². The zero-order chi connectivity index (χ0) is 13.9. The van der Waals surface area contributed by atoms with E-state index in [4.69, 9.17) is 5.10 Å². The Balaban J connectivity index is 2.00. The third-order valence-electron chi connectivity index (χ3n) is 4.53. The van der Waals surface area contributed by atoms with E-state index >= 15 is 0 Å². The smallest absolute Gasteiger partial charge is 0.155 e. The molecule has 4 heteroatoms. The van der Waals surface area contributed by atoms with Crippen molar-refractivity contribution in [3.05, 3.63) is 29.7 Å². The fraction of sp³-hybridized carbons (Fsp3) is 0.625. The number of aromatic nitrogens is 3. The SMILES string of the molecule is CCC(CC)c1cc2nccc(C3CCCNC3)n2n1. The van der Waals surface area contributed by atoms with Gasteiger partial charge in [-0.15, -0.1) is 0 Å². The second-order valence-corrected chi connectivity index (χ2v) is 5.77. The predicted molar refractivity (Wildman–Crippen MR) is 81.2 cm³/mol. The van der Waals surface area contributed by atoms with Gasteiger partial charge in [0.15, 0.2) is 5.65 Å². The number of piperidine rings is 1. The maximum absolute atomic E-state index is 4.86. The van der Waals surface area contributed by atoms with Crippen LogP contribution in [-0.2, 0) is 0 Å². The van der Waals surface area contributed by atoms with Gasteiger partial charge in [0, 0.05) is 30.6 Å². The molecule has 4 nitrogen and oxygen atoms in total. The van der Waals surface area contributed by atoms with Gasteiger partial charge in [0.1, 0.15) is 0 Å². The summed E-state index contributed by atoms with van der Waals surface area (Å²) in [5.74, 6) is 1.11. The van der Waals surface area contributed by atoms with E-state index in [2.05, 4.69) is 40.8 Å². The van der Waals surface area contributed by atoms with Gasteiger partial charge in [-0.1, -0.05) is 13.8 Å². The van der Waals surface area contributed by atoms with Crippen LogP contribution in [0.4, 0.5) is 0 Å². The molecule has 3 heterocycles. The highest BCUT2D eigenvalue weighted by Crippen LogP contribution is 2.26. The van der Waals surface area contributed by atoms with Gasteiger partial charge in [-0.3, -0.25) is 0 Å². The highest BCUT2D eigenvalue weighted by atomic mass is 15.3. The number of nitrogens with one attached hydrogen (secondary N) is 1. The lowest BCUT2D eigenvalue weighted by Crippen LogP contribution is -2.29. The standard InChI is InChI=1S/C16H24N4/c1-3-12(4-2)14-10-16-18-9-7-15(20(16)19-14)13-6-5-8-17-11-13/h7,9-10,12-13,17H,3-6,8,11H2,1-2H3. The van der Waals surface area contributed by atoms with Crippen LogP contribution in [-0.4, -0.2) is 27.7 Å². The van der Waals surface area contributed by atoms with E-state index in [0.717, 1.165) is 31.6 Å². The van der Waals surface area contributed by atoms with Gasteiger partial charge in [0.25, 0.3) is 0 Å². The Bertz CT molecular complexity index is 565. The van der Waals surface area contributed by atoms with Crippen LogP contribution in [0.3, 0.4) is 0 Å². The largest absolute Gasteiger partial charge is 0.316 e. The molecule has 1 aliphatic heterocycles.